The van der Waals surface area contributed by atoms with Gasteiger partial charge in [-0.05, 0) is 18.3 Å². The van der Waals surface area contributed by atoms with Crippen LogP contribution in [0.1, 0.15) is 26.2 Å². The number of rotatable bonds is 4. The summed E-state index contributed by atoms with van der Waals surface area (Å²) in [4.78, 5) is 8.28. The quantitative estimate of drug-likeness (QED) is 0.513. The number of nitrogen functional groups attached to an aromatic ring is 1. The molecule has 0 amide bonds. The zero-order chi connectivity index (χ0) is 10.7. The van der Waals surface area contributed by atoms with Gasteiger partial charge < -0.3 is 10.7 Å². The fourth-order valence-electron chi connectivity index (χ4n) is 1.78. The van der Waals surface area contributed by atoms with E-state index in [2.05, 4.69) is 27.6 Å². The van der Waals surface area contributed by atoms with Crippen LogP contribution in [0.3, 0.4) is 0 Å². The molecule has 5 heteroatoms. The van der Waals surface area contributed by atoms with E-state index in [1.807, 2.05) is 0 Å². The lowest BCUT2D eigenvalue weighted by molar-refractivity contribution is 0.180. The van der Waals surface area contributed by atoms with E-state index in [1.165, 1.54) is 19.3 Å². The molecule has 1 fully saturated rings. The average molecular weight is 207 g/mol. The minimum atomic E-state index is 0.438. The van der Waals surface area contributed by atoms with Gasteiger partial charge in [0.2, 0.25) is 0 Å². The van der Waals surface area contributed by atoms with Gasteiger partial charge in [-0.1, -0.05) is 13.3 Å². The van der Waals surface area contributed by atoms with E-state index in [0.29, 0.717) is 11.2 Å². The van der Waals surface area contributed by atoms with Crippen molar-refractivity contribution in [1.82, 2.24) is 9.97 Å². The van der Waals surface area contributed by atoms with E-state index in [1.54, 1.807) is 12.4 Å². The van der Waals surface area contributed by atoms with Crippen molar-refractivity contribution in [2.75, 3.05) is 17.3 Å². The van der Waals surface area contributed by atoms with Crippen LogP contribution in [0, 0.1) is 5.41 Å². The normalized spacial score (nSPS) is 18.0. The Morgan fingerprint density at radius 1 is 1.40 bits per heavy atom. The van der Waals surface area contributed by atoms with Crippen LogP contribution in [0.4, 0.5) is 11.6 Å². The zero-order valence-corrected chi connectivity index (χ0v) is 8.95. The lowest BCUT2D eigenvalue weighted by Gasteiger charge is -2.38. The smallest absolute Gasteiger partial charge is 0.160 e. The lowest BCUT2D eigenvalue weighted by atomic mass is 9.70. The third-order valence-corrected chi connectivity index (χ3v) is 3.04. The molecule has 15 heavy (non-hydrogen) atoms. The molecule has 1 aliphatic carbocycles. The maximum Gasteiger partial charge on any atom is 0.160 e. The number of nitrogens with two attached hydrogens (primary N) is 1. The maximum absolute atomic E-state index is 5.26. The Morgan fingerprint density at radius 3 is 2.73 bits per heavy atom. The second kappa shape index (κ2) is 4.02. The van der Waals surface area contributed by atoms with Crippen LogP contribution in [0.25, 0.3) is 0 Å². The number of nitrogens with zero attached hydrogens (tertiary/aromatic N) is 2. The Labute approximate surface area is 89.5 Å². The molecular weight excluding hydrogens is 190 g/mol. The van der Waals surface area contributed by atoms with Crippen LogP contribution >= 0.6 is 0 Å². The van der Waals surface area contributed by atoms with Crippen molar-refractivity contribution in [3.8, 4) is 0 Å². The zero-order valence-electron chi connectivity index (χ0n) is 8.95. The first-order valence-corrected chi connectivity index (χ1v) is 5.24. The molecule has 0 aliphatic heterocycles. The Hall–Kier alpha value is -1.36. The second-order valence-corrected chi connectivity index (χ2v) is 4.45. The minimum Gasteiger partial charge on any atom is -0.368 e. The Balaban J connectivity index is 1.92. The molecule has 4 N–H and O–H groups in total. The van der Waals surface area contributed by atoms with Crippen molar-refractivity contribution < 1.29 is 0 Å². The molecule has 2 rings (SSSR count). The molecule has 1 saturated carbocycles. The fraction of sp³-hybridized carbons (Fsp3) is 0.600. The molecule has 0 atom stereocenters. The first-order chi connectivity index (χ1) is 7.22. The van der Waals surface area contributed by atoms with Gasteiger partial charge in [0.1, 0.15) is 5.82 Å². The molecule has 5 nitrogen and oxygen atoms in total. The van der Waals surface area contributed by atoms with E-state index in [9.17, 15) is 0 Å². The Bertz CT molecular complexity index is 334. The summed E-state index contributed by atoms with van der Waals surface area (Å²) in [6.45, 7) is 3.25. The van der Waals surface area contributed by atoms with Gasteiger partial charge in [-0.15, -0.1) is 0 Å². The predicted molar refractivity (Wildman–Crippen MR) is 60.3 cm³/mol. The van der Waals surface area contributed by atoms with Crippen molar-refractivity contribution in [3.05, 3.63) is 12.4 Å². The second-order valence-electron chi connectivity index (χ2n) is 4.45. The van der Waals surface area contributed by atoms with Crippen molar-refractivity contribution >= 4 is 11.6 Å². The molecule has 0 spiro atoms. The van der Waals surface area contributed by atoms with Crippen LogP contribution in [0.5, 0.6) is 0 Å². The highest BCUT2D eigenvalue weighted by Crippen LogP contribution is 2.40. The molecule has 1 aliphatic rings. The first-order valence-electron chi connectivity index (χ1n) is 5.24. The largest absolute Gasteiger partial charge is 0.368 e. The maximum atomic E-state index is 5.26. The monoisotopic (exact) mass is 207 g/mol. The van der Waals surface area contributed by atoms with Crippen LogP contribution in [0.2, 0.25) is 0 Å². The van der Waals surface area contributed by atoms with Crippen LogP contribution < -0.4 is 16.6 Å². The molecule has 1 aromatic rings. The van der Waals surface area contributed by atoms with Gasteiger partial charge in [-0.25, -0.2) is 10.8 Å². The third kappa shape index (κ3) is 2.36. The van der Waals surface area contributed by atoms with Gasteiger partial charge >= 0.3 is 0 Å². The number of anilines is 2. The van der Waals surface area contributed by atoms with E-state index in [-0.39, 0.29) is 0 Å². The van der Waals surface area contributed by atoms with Crippen LogP contribution in [-0.2, 0) is 0 Å². The van der Waals surface area contributed by atoms with Gasteiger partial charge in [-0.3, -0.25) is 4.98 Å². The average Bonchev–Trinajstić information content (AvgIpc) is 2.24. The summed E-state index contributed by atoms with van der Waals surface area (Å²) < 4.78 is 0. The highest BCUT2D eigenvalue weighted by Gasteiger charge is 2.31. The molecule has 1 heterocycles. The SMILES string of the molecule is CC1(CNc2cncc(NN)n2)CCC1. The van der Waals surface area contributed by atoms with Gasteiger partial charge in [0.05, 0.1) is 12.4 Å². The third-order valence-electron chi connectivity index (χ3n) is 3.04. The van der Waals surface area contributed by atoms with Crippen LogP contribution in [0.15, 0.2) is 12.4 Å². The molecule has 0 aromatic carbocycles. The number of nitrogens with one attached hydrogen (secondary N) is 2. The molecule has 1 aromatic heterocycles. The summed E-state index contributed by atoms with van der Waals surface area (Å²) in [5.41, 5.74) is 2.92. The highest BCUT2D eigenvalue weighted by atomic mass is 15.3. The summed E-state index contributed by atoms with van der Waals surface area (Å²) in [6, 6.07) is 0. The van der Waals surface area contributed by atoms with Gasteiger partial charge in [0, 0.05) is 6.54 Å². The predicted octanol–water partition coefficient (Wildman–Crippen LogP) is 1.36. The lowest BCUT2D eigenvalue weighted by Crippen LogP contribution is -2.33. The number of hydrazine groups is 1. The summed E-state index contributed by atoms with van der Waals surface area (Å²) in [5, 5.41) is 3.29. The van der Waals surface area contributed by atoms with E-state index in [4.69, 9.17) is 5.84 Å². The fourth-order valence-corrected chi connectivity index (χ4v) is 1.78. The van der Waals surface area contributed by atoms with Crippen molar-refractivity contribution in [2.24, 2.45) is 11.3 Å². The number of aromatic nitrogens is 2. The Morgan fingerprint density at radius 2 is 2.13 bits per heavy atom. The molecule has 0 unspecified atom stereocenters. The number of hydrogen-bond donors (Lipinski definition) is 3. The number of hydrogen-bond acceptors (Lipinski definition) is 5. The molecule has 0 saturated heterocycles. The highest BCUT2D eigenvalue weighted by molar-refractivity contribution is 5.40. The van der Waals surface area contributed by atoms with Gasteiger partial charge in [0.15, 0.2) is 5.82 Å². The standard InChI is InChI=1S/C10H17N5/c1-10(3-2-4-10)7-13-8-5-12-6-9(14-8)15-11/h5-6H,2-4,7,11H2,1H3,(H2,13,14,15). The minimum absolute atomic E-state index is 0.438. The summed E-state index contributed by atoms with van der Waals surface area (Å²) in [6.07, 6.45) is 7.23. The van der Waals surface area contributed by atoms with E-state index in [0.717, 1.165) is 12.4 Å². The van der Waals surface area contributed by atoms with Gasteiger partial charge in [-0.2, -0.15) is 0 Å². The van der Waals surface area contributed by atoms with Crippen molar-refractivity contribution in [3.63, 3.8) is 0 Å². The Kier molecular flexibility index (Phi) is 2.73. The van der Waals surface area contributed by atoms with Crippen molar-refractivity contribution in [2.45, 2.75) is 26.2 Å². The molecule has 82 valence electrons. The van der Waals surface area contributed by atoms with E-state index >= 15 is 0 Å². The van der Waals surface area contributed by atoms with E-state index < -0.39 is 0 Å². The summed E-state index contributed by atoms with van der Waals surface area (Å²) >= 11 is 0. The molecular formula is C10H17N5. The molecule has 0 radical (unpaired) electrons. The van der Waals surface area contributed by atoms with Crippen LogP contribution in [-0.4, -0.2) is 16.5 Å². The molecule has 0 bridgehead atoms. The summed E-state index contributed by atoms with van der Waals surface area (Å²) in [5.74, 6) is 6.62. The topological polar surface area (TPSA) is 75.9 Å². The first kappa shape index (κ1) is 10.2. The summed E-state index contributed by atoms with van der Waals surface area (Å²) in [7, 11) is 0. The van der Waals surface area contributed by atoms with Crippen molar-refractivity contribution in [1.29, 1.82) is 0 Å². The van der Waals surface area contributed by atoms with Gasteiger partial charge in [0.25, 0.3) is 0 Å².